The third-order valence-corrected chi connectivity index (χ3v) is 3.20. The molecule has 0 aliphatic heterocycles. The molecule has 8 heteroatoms. The Kier molecular flexibility index (Phi) is 2.99. The molecule has 19 heavy (non-hydrogen) atoms. The van der Waals surface area contributed by atoms with Gasteiger partial charge in [0, 0.05) is 12.4 Å². The number of anilines is 1. The molecule has 0 aliphatic carbocycles. The molecule has 7 nitrogen and oxygen atoms in total. The Morgan fingerprint density at radius 3 is 3.00 bits per heavy atom. The zero-order chi connectivity index (χ0) is 13.1. The zero-order valence-corrected chi connectivity index (χ0v) is 10.4. The molecule has 0 aromatic carbocycles. The first-order chi connectivity index (χ1) is 9.33. The number of amides is 1. The number of nitrogens with one attached hydrogen (secondary N) is 2. The van der Waals surface area contributed by atoms with E-state index in [0.717, 1.165) is 0 Å². The smallest absolute Gasteiger partial charge is 0.286 e. The van der Waals surface area contributed by atoms with Gasteiger partial charge in [-0.2, -0.15) is 5.10 Å². The lowest BCUT2D eigenvalue weighted by Crippen LogP contribution is -2.10. The van der Waals surface area contributed by atoms with Crippen molar-refractivity contribution in [3.8, 4) is 10.7 Å². The highest BCUT2D eigenvalue weighted by Gasteiger charge is 2.14. The van der Waals surface area contributed by atoms with E-state index < -0.39 is 0 Å². The Morgan fingerprint density at radius 1 is 1.32 bits per heavy atom. The van der Waals surface area contributed by atoms with Crippen LogP contribution in [-0.4, -0.2) is 31.3 Å². The number of rotatable bonds is 3. The van der Waals surface area contributed by atoms with E-state index in [2.05, 4.69) is 30.7 Å². The summed E-state index contributed by atoms with van der Waals surface area (Å²) in [6, 6.07) is 5.49. The maximum Gasteiger partial charge on any atom is 0.286 e. The van der Waals surface area contributed by atoms with Crippen LogP contribution in [0.2, 0.25) is 0 Å². The summed E-state index contributed by atoms with van der Waals surface area (Å²) < 4.78 is 0. The highest BCUT2D eigenvalue weighted by Crippen LogP contribution is 2.21. The third kappa shape index (κ3) is 2.47. The fraction of sp³-hybridized carbons (Fsp3) is 0. The van der Waals surface area contributed by atoms with Crippen LogP contribution in [0.25, 0.3) is 10.7 Å². The second-order valence-corrected chi connectivity index (χ2v) is 4.55. The van der Waals surface area contributed by atoms with Crippen LogP contribution in [0.5, 0.6) is 0 Å². The number of hydrogen-bond acceptors (Lipinski definition) is 6. The van der Waals surface area contributed by atoms with Crippen molar-refractivity contribution >= 4 is 22.9 Å². The van der Waals surface area contributed by atoms with Crippen molar-refractivity contribution < 1.29 is 4.79 Å². The maximum atomic E-state index is 11.9. The second-order valence-electron chi connectivity index (χ2n) is 3.57. The fourth-order valence-corrected chi connectivity index (χ4v) is 2.13. The molecular weight excluding hydrogens is 264 g/mol. The summed E-state index contributed by atoms with van der Waals surface area (Å²) in [6.07, 6.45) is 4.76. The van der Waals surface area contributed by atoms with Gasteiger partial charge in [-0.25, -0.2) is 0 Å². The predicted molar refractivity (Wildman–Crippen MR) is 69.7 cm³/mol. The number of H-pyrrole nitrogens is 1. The van der Waals surface area contributed by atoms with Gasteiger partial charge in [-0.1, -0.05) is 17.4 Å². The minimum Gasteiger partial charge on any atom is -0.317 e. The highest BCUT2D eigenvalue weighted by atomic mass is 32.1. The lowest BCUT2D eigenvalue weighted by molar-refractivity contribution is 0.102. The van der Waals surface area contributed by atoms with Crippen molar-refractivity contribution in [3.05, 3.63) is 41.8 Å². The van der Waals surface area contributed by atoms with E-state index in [1.807, 2.05) is 18.2 Å². The van der Waals surface area contributed by atoms with Crippen LogP contribution >= 0.6 is 11.3 Å². The van der Waals surface area contributed by atoms with E-state index in [9.17, 15) is 4.79 Å². The van der Waals surface area contributed by atoms with Gasteiger partial charge >= 0.3 is 0 Å². The number of nitrogens with zero attached hydrogens (tertiary/aromatic N) is 4. The van der Waals surface area contributed by atoms with Crippen molar-refractivity contribution in [1.82, 2.24) is 25.4 Å². The molecule has 1 amide bonds. The predicted octanol–water partition coefficient (Wildman–Crippen LogP) is 1.58. The van der Waals surface area contributed by atoms with Crippen molar-refractivity contribution in [2.45, 2.75) is 0 Å². The number of carbonyl (C=O) groups excluding carboxylic acids is 1. The van der Waals surface area contributed by atoms with Crippen LogP contribution < -0.4 is 5.32 Å². The summed E-state index contributed by atoms with van der Waals surface area (Å²) >= 11 is 1.19. The minimum atomic E-state index is -0.318. The van der Waals surface area contributed by atoms with Gasteiger partial charge in [0.05, 0.1) is 11.9 Å². The lowest BCUT2D eigenvalue weighted by atomic mass is 10.4. The van der Waals surface area contributed by atoms with Gasteiger partial charge < -0.3 is 5.32 Å². The molecule has 0 atom stereocenters. The first-order valence-electron chi connectivity index (χ1n) is 5.38. The number of aromatic amines is 1. The van der Waals surface area contributed by atoms with Crippen LogP contribution in [0, 0.1) is 0 Å². The summed E-state index contributed by atoms with van der Waals surface area (Å²) in [5.74, 6) is -0.318. The monoisotopic (exact) mass is 272 g/mol. The van der Waals surface area contributed by atoms with Crippen molar-refractivity contribution in [2.75, 3.05) is 5.32 Å². The number of hydrogen-bond donors (Lipinski definition) is 2. The van der Waals surface area contributed by atoms with Gasteiger partial charge in [-0.15, -0.1) is 10.2 Å². The first-order valence-corrected chi connectivity index (χ1v) is 6.19. The van der Waals surface area contributed by atoms with E-state index in [4.69, 9.17) is 0 Å². The average Bonchev–Trinajstić information content (AvgIpc) is 3.10. The van der Waals surface area contributed by atoms with Crippen LogP contribution in [0.3, 0.4) is 0 Å². The fourth-order valence-electron chi connectivity index (χ4n) is 1.41. The molecule has 0 spiro atoms. The molecule has 0 saturated heterocycles. The molecule has 0 unspecified atom stereocenters. The van der Waals surface area contributed by atoms with Crippen molar-refractivity contribution in [3.63, 3.8) is 0 Å². The average molecular weight is 272 g/mol. The summed E-state index contributed by atoms with van der Waals surface area (Å²) in [6.45, 7) is 0. The Bertz CT molecular complexity index is 678. The zero-order valence-electron chi connectivity index (χ0n) is 9.57. The van der Waals surface area contributed by atoms with Gasteiger partial charge in [0.1, 0.15) is 5.69 Å². The Labute approximate surface area is 111 Å². The molecular formula is C11H8N6OS. The molecule has 94 valence electrons. The summed E-state index contributed by atoms with van der Waals surface area (Å²) in [7, 11) is 0. The quantitative estimate of drug-likeness (QED) is 0.754. The Morgan fingerprint density at radius 2 is 2.26 bits per heavy atom. The second kappa shape index (κ2) is 4.94. The van der Waals surface area contributed by atoms with Gasteiger partial charge in [0.2, 0.25) is 5.01 Å². The highest BCUT2D eigenvalue weighted by molar-refractivity contribution is 7.16. The van der Waals surface area contributed by atoms with Crippen LogP contribution in [0.4, 0.5) is 5.69 Å². The van der Waals surface area contributed by atoms with Gasteiger partial charge in [0.25, 0.3) is 5.91 Å². The normalized spacial score (nSPS) is 10.3. The van der Waals surface area contributed by atoms with Gasteiger partial charge in [-0.05, 0) is 12.1 Å². The van der Waals surface area contributed by atoms with E-state index in [-0.39, 0.29) is 10.9 Å². The van der Waals surface area contributed by atoms with Crippen molar-refractivity contribution in [1.29, 1.82) is 0 Å². The van der Waals surface area contributed by atoms with Gasteiger partial charge in [-0.3, -0.25) is 14.9 Å². The van der Waals surface area contributed by atoms with Gasteiger partial charge in [0.15, 0.2) is 5.01 Å². The molecule has 0 radical (unpaired) electrons. The third-order valence-electron chi connectivity index (χ3n) is 2.26. The van der Waals surface area contributed by atoms with Crippen LogP contribution in [-0.2, 0) is 0 Å². The first kappa shape index (κ1) is 11.5. The molecule has 0 bridgehead atoms. The van der Waals surface area contributed by atoms with E-state index >= 15 is 0 Å². The number of carbonyl (C=O) groups is 1. The lowest BCUT2D eigenvalue weighted by Gasteiger charge is -1.96. The SMILES string of the molecule is O=C(Nc1cn[nH]c1)c1nnc(-c2ccccn2)s1. The number of aromatic nitrogens is 5. The molecule has 0 fully saturated rings. The van der Waals surface area contributed by atoms with E-state index in [1.165, 1.54) is 17.5 Å². The largest absolute Gasteiger partial charge is 0.317 e. The minimum absolute atomic E-state index is 0.279. The number of pyridine rings is 1. The standard InChI is InChI=1S/C11H8N6OS/c18-9(15-7-5-13-14-6-7)11-17-16-10(19-11)8-3-1-2-4-12-8/h1-6H,(H,13,14)(H,15,18). The Hall–Kier alpha value is -2.61. The van der Waals surface area contributed by atoms with Crippen molar-refractivity contribution in [2.24, 2.45) is 0 Å². The summed E-state index contributed by atoms with van der Waals surface area (Å²) in [4.78, 5) is 16.1. The summed E-state index contributed by atoms with van der Waals surface area (Å²) in [5.41, 5.74) is 1.28. The van der Waals surface area contributed by atoms with E-state index in [0.29, 0.717) is 16.4 Å². The van der Waals surface area contributed by atoms with Crippen LogP contribution in [0.1, 0.15) is 9.80 Å². The van der Waals surface area contributed by atoms with Crippen LogP contribution in [0.15, 0.2) is 36.8 Å². The molecule has 3 aromatic heterocycles. The molecule has 3 aromatic rings. The maximum absolute atomic E-state index is 11.9. The molecule has 0 aliphatic rings. The Balaban J connectivity index is 1.80. The summed E-state index contributed by atoms with van der Waals surface area (Å²) in [5, 5.41) is 17.7. The topological polar surface area (TPSA) is 96.5 Å². The molecule has 3 heterocycles. The molecule has 3 rings (SSSR count). The molecule has 2 N–H and O–H groups in total. The molecule has 0 saturated carbocycles. The van der Waals surface area contributed by atoms with E-state index in [1.54, 1.807) is 12.4 Å².